The first-order chi connectivity index (χ1) is 14.6. The molecule has 0 radical (unpaired) electrons. The molecule has 1 amide bonds. The predicted molar refractivity (Wildman–Crippen MR) is 116 cm³/mol. The Kier molecular flexibility index (Phi) is 6.85. The Balaban J connectivity index is 1.24. The van der Waals surface area contributed by atoms with E-state index < -0.39 is 0 Å². The molecule has 1 aliphatic heterocycles. The zero-order valence-electron chi connectivity index (χ0n) is 17.7. The number of para-hydroxylation sites is 1. The van der Waals surface area contributed by atoms with Crippen molar-refractivity contribution in [3.05, 3.63) is 45.7 Å². The van der Waals surface area contributed by atoms with Crippen LogP contribution in [0.15, 0.2) is 29.1 Å². The maximum atomic E-state index is 12.6. The lowest BCUT2D eigenvalue weighted by Crippen LogP contribution is -2.40. The average molecular weight is 413 g/mol. The first-order valence-electron chi connectivity index (χ1n) is 11.2. The molecule has 2 heterocycles. The van der Waals surface area contributed by atoms with Crippen LogP contribution in [0.5, 0.6) is 0 Å². The van der Waals surface area contributed by atoms with Crippen molar-refractivity contribution in [2.24, 2.45) is 5.92 Å². The van der Waals surface area contributed by atoms with E-state index >= 15 is 0 Å². The summed E-state index contributed by atoms with van der Waals surface area (Å²) in [7, 11) is 0. The number of carbonyl (C=O) groups is 1. The van der Waals surface area contributed by atoms with Crippen LogP contribution in [0.1, 0.15) is 56.2 Å². The second kappa shape index (κ2) is 9.75. The second-order valence-electron chi connectivity index (χ2n) is 8.72. The minimum atomic E-state index is 0.0684. The highest BCUT2D eigenvalue weighted by molar-refractivity contribution is 5.79. The van der Waals surface area contributed by atoms with Gasteiger partial charge in [0.05, 0.1) is 12.7 Å². The molecule has 1 aromatic heterocycles. The van der Waals surface area contributed by atoms with Crippen molar-refractivity contribution >= 4 is 16.8 Å². The van der Waals surface area contributed by atoms with E-state index in [2.05, 4.69) is 10.3 Å². The molecule has 1 aromatic carbocycles. The van der Waals surface area contributed by atoms with E-state index in [9.17, 15) is 9.59 Å². The van der Waals surface area contributed by atoms with E-state index in [4.69, 9.17) is 9.47 Å². The third kappa shape index (κ3) is 5.10. The fourth-order valence-electron chi connectivity index (χ4n) is 4.60. The number of H-pyrrole nitrogens is 1. The summed E-state index contributed by atoms with van der Waals surface area (Å²) in [6, 6.07) is 7.83. The number of nitrogens with one attached hydrogen (secondary N) is 2. The number of benzene rings is 1. The standard InChI is InChI=1S/C24H32N2O4/c1-16-22(26-21-5-3-2-4-20(21)24(16)28)15-30-19-8-6-18(7-9-19)25-23(27)14-17-10-12-29-13-11-17/h2-5,17-19H,6-15H2,1H3,(H,25,27)(H,26,28)/t18-,19-. The van der Waals surface area contributed by atoms with Gasteiger partial charge in [-0.15, -0.1) is 0 Å². The molecule has 1 saturated carbocycles. The number of pyridine rings is 1. The molecule has 2 N–H and O–H groups in total. The van der Waals surface area contributed by atoms with Gasteiger partial charge in [-0.25, -0.2) is 0 Å². The third-order valence-electron chi connectivity index (χ3n) is 6.57. The maximum absolute atomic E-state index is 12.6. The zero-order chi connectivity index (χ0) is 20.9. The van der Waals surface area contributed by atoms with Gasteiger partial charge >= 0.3 is 0 Å². The number of ether oxygens (including phenoxy) is 2. The van der Waals surface area contributed by atoms with Crippen molar-refractivity contribution in [1.82, 2.24) is 10.3 Å². The number of carbonyl (C=O) groups excluding carboxylic acids is 1. The molecule has 6 nitrogen and oxygen atoms in total. The molecule has 4 rings (SSSR count). The van der Waals surface area contributed by atoms with E-state index in [0.29, 0.717) is 18.9 Å². The van der Waals surface area contributed by atoms with Gasteiger partial charge in [-0.3, -0.25) is 9.59 Å². The van der Waals surface area contributed by atoms with E-state index in [1.165, 1.54) is 0 Å². The SMILES string of the molecule is Cc1c(CO[C@H]2CC[C@H](NC(=O)CC3CCOCC3)CC2)[nH]c2ccccc2c1=O. The summed E-state index contributed by atoms with van der Waals surface area (Å²) >= 11 is 0. The maximum Gasteiger partial charge on any atom is 0.220 e. The second-order valence-corrected chi connectivity index (χ2v) is 8.72. The first kappa shape index (κ1) is 21.1. The van der Waals surface area contributed by atoms with Crippen LogP contribution in [0, 0.1) is 12.8 Å². The number of hydrogen-bond acceptors (Lipinski definition) is 4. The number of aromatic amines is 1. The highest BCUT2D eigenvalue weighted by Crippen LogP contribution is 2.24. The van der Waals surface area contributed by atoms with Gasteiger partial charge in [0.1, 0.15) is 0 Å². The summed E-state index contributed by atoms with van der Waals surface area (Å²) in [5.41, 5.74) is 2.50. The van der Waals surface area contributed by atoms with Crippen molar-refractivity contribution < 1.29 is 14.3 Å². The topological polar surface area (TPSA) is 80.4 Å². The zero-order valence-corrected chi connectivity index (χ0v) is 17.7. The normalized spacial score (nSPS) is 22.8. The van der Waals surface area contributed by atoms with E-state index in [1.54, 1.807) is 0 Å². The molecular formula is C24H32N2O4. The first-order valence-corrected chi connectivity index (χ1v) is 11.2. The molecule has 1 saturated heterocycles. The monoisotopic (exact) mass is 412 g/mol. The van der Waals surface area contributed by atoms with Gasteiger partial charge in [0, 0.05) is 47.8 Å². The minimum absolute atomic E-state index is 0.0684. The summed E-state index contributed by atoms with van der Waals surface area (Å²) in [6.45, 7) is 3.83. The Labute approximate surface area is 177 Å². The van der Waals surface area contributed by atoms with Crippen LogP contribution in [0.3, 0.4) is 0 Å². The molecule has 0 spiro atoms. The molecule has 1 aliphatic carbocycles. The van der Waals surface area contributed by atoms with Crippen LogP contribution in [0.2, 0.25) is 0 Å². The lowest BCUT2D eigenvalue weighted by molar-refractivity contribution is -0.123. The van der Waals surface area contributed by atoms with Crippen molar-refractivity contribution in [1.29, 1.82) is 0 Å². The highest BCUT2D eigenvalue weighted by Gasteiger charge is 2.25. The summed E-state index contributed by atoms with van der Waals surface area (Å²) in [5, 5.41) is 3.93. The predicted octanol–water partition coefficient (Wildman–Crippen LogP) is 3.60. The highest BCUT2D eigenvalue weighted by atomic mass is 16.5. The number of rotatable bonds is 6. The van der Waals surface area contributed by atoms with Crippen molar-refractivity contribution in [2.45, 2.75) is 70.6 Å². The minimum Gasteiger partial charge on any atom is -0.381 e. The Morgan fingerprint density at radius 2 is 1.87 bits per heavy atom. The Hall–Kier alpha value is -2.18. The van der Waals surface area contributed by atoms with Crippen LogP contribution < -0.4 is 10.7 Å². The van der Waals surface area contributed by atoms with Gasteiger partial charge in [-0.1, -0.05) is 12.1 Å². The van der Waals surface area contributed by atoms with E-state index in [-0.39, 0.29) is 23.5 Å². The van der Waals surface area contributed by atoms with Gasteiger partial charge in [0.2, 0.25) is 5.91 Å². The molecule has 162 valence electrons. The number of aromatic nitrogens is 1. The van der Waals surface area contributed by atoms with Crippen LogP contribution in [0.25, 0.3) is 10.9 Å². The van der Waals surface area contributed by atoms with Crippen LogP contribution in [-0.2, 0) is 20.9 Å². The molecule has 0 bridgehead atoms. The molecule has 2 aromatic rings. The Bertz CT molecular complexity index is 924. The van der Waals surface area contributed by atoms with Crippen molar-refractivity contribution in [3.8, 4) is 0 Å². The van der Waals surface area contributed by atoms with Gasteiger partial charge in [0.15, 0.2) is 5.43 Å². The van der Waals surface area contributed by atoms with Gasteiger partial charge in [-0.2, -0.15) is 0 Å². The Morgan fingerprint density at radius 1 is 1.13 bits per heavy atom. The Morgan fingerprint density at radius 3 is 2.63 bits per heavy atom. The summed E-state index contributed by atoms with van der Waals surface area (Å²) < 4.78 is 11.5. The average Bonchev–Trinajstić information content (AvgIpc) is 2.77. The third-order valence-corrected chi connectivity index (χ3v) is 6.57. The quantitative estimate of drug-likeness (QED) is 0.760. The number of fused-ring (bicyclic) bond motifs is 1. The molecule has 0 atom stereocenters. The van der Waals surface area contributed by atoms with E-state index in [0.717, 1.165) is 73.9 Å². The fraction of sp³-hybridized carbons (Fsp3) is 0.583. The summed E-state index contributed by atoms with van der Waals surface area (Å²) in [4.78, 5) is 28.3. The number of hydrogen-bond donors (Lipinski definition) is 2. The van der Waals surface area contributed by atoms with Crippen LogP contribution in [-0.4, -0.2) is 36.3 Å². The molecular weight excluding hydrogens is 380 g/mol. The van der Waals surface area contributed by atoms with Gasteiger partial charge < -0.3 is 19.8 Å². The molecule has 2 fully saturated rings. The fourth-order valence-corrected chi connectivity index (χ4v) is 4.60. The van der Waals surface area contributed by atoms with Crippen LogP contribution >= 0.6 is 0 Å². The lowest BCUT2D eigenvalue weighted by atomic mass is 9.92. The smallest absolute Gasteiger partial charge is 0.220 e. The van der Waals surface area contributed by atoms with Crippen LogP contribution in [0.4, 0.5) is 0 Å². The molecule has 0 unspecified atom stereocenters. The van der Waals surface area contributed by atoms with Crippen molar-refractivity contribution in [3.63, 3.8) is 0 Å². The molecule has 30 heavy (non-hydrogen) atoms. The largest absolute Gasteiger partial charge is 0.381 e. The van der Waals surface area contributed by atoms with Crippen molar-refractivity contribution in [2.75, 3.05) is 13.2 Å². The molecule has 2 aliphatic rings. The van der Waals surface area contributed by atoms with E-state index in [1.807, 2.05) is 31.2 Å². The summed E-state index contributed by atoms with van der Waals surface area (Å²) in [6.07, 6.45) is 6.51. The molecule has 6 heteroatoms. The summed E-state index contributed by atoms with van der Waals surface area (Å²) in [5.74, 6) is 0.640. The van der Waals surface area contributed by atoms with Gasteiger partial charge in [-0.05, 0) is 63.5 Å². The van der Waals surface area contributed by atoms with Gasteiger partial charge in [0.25, 0.3) is 0 Å². The lowest BCUT2D eigenvalue weighted by Gasteiger charge is -2.30. The number of amides is 1.